The summed E-state index contributed by atoms with van der Waals surface area (Å²) in [6.07, 6.45) is 9.11. The number of rotatable bonds is 2. The molecule has 2 aliphatic rings. The Kier molecular flexibility index (Phi) is 3.62. The van der Waals surface area contributed by atoms with Crippen molar-refractivity contribution in [2.45, 2.75) is 63.5 Å². The lowest BCUT2D eigenvalue weighted by molar-refractivity contribution is -0.125. The van der Waals surface area contributed by atoms with Gasteiger partial charge in [-0.2, -0.15) is 0 Å². The summed E-state index contributed by atoms with van der Waals surface area (Å²) in [5.74, 6) is 0.455. The largest absolute Gasteiger partial charge is 0.353 e. The summed E-state index contributed by atoms with van der Waals surface area (Å²) in [6.45, 7) is 0. The minimum atomic E-state index is 0.196. The second kappa shape index (κ2) is 4.97. The van der Waals surface area contributed by atoms with E-state index in [0.29, 0.717) is 6.04 Å². The van der Waals surface area contributed by atoms with Gasteiger partial charge in [0.25, 0.3) is 0 Å². The standard InChI is InChI=1S/C12H22N2O/c13-10-7-6-9(8-10)12(15)14-11-4-2-1-3-5-11/h9-11H,1-8,13H2,(H,14,15). The van der Waals surface area contributed by atoms with Gasteiger partial charge in [0.15, 0.2) is 0 Å². The number of nitrogens with two attached hydrogens (primary N) is 1. The first-order valence-corrected chi connectivity index (χ1v) is 6.31. The summed E-state index contributed by atoms with van der Waals surface area (Å²) in [7, 11) is 0. The van der Waals surface area contributed by atoms with Crippen LogP contribution in [0.15, 0.2) is 0 Å². The second-order valence-electron chi connectivity index (χ2n) is 5.11. The summed E-state index contributed by atoms with van der Waals surface area (Å²) >= 11 is 0. The van der Waals surface area contributed by atoms with E-state index in [4.69, 9.17) is 5.73 Å². The van der Waals surface area contributed by atoms with Crippen LogP contribution in [0.3, 0.4) is 0 Å². The van der Waals surface area contributed by atoms with Gasteiger partial charge in [-0.15, -0.1) is 0 Å². The molecule has 3 heteroatoms. The van der Waals surface area contributed by atoms with Crippen molar-refractivity contribution in [2.24, 2.45) is 11.7 Å². The van der Waals surface area contributed by atoms with Crippen molar-refractivity contribution in [1.29, 1.82) is 0 Å². The molecule has 2 rings (SSSR count). The Morgan fingerprint density at radius 1 is 1.07 bits per heavy atom. The van der Waals surface area contributed by atoms with E-state index in [1.807, 2.05) is 0 Å². The highest BCUT2D eigenvalue weighted by Crippen LogP contribution is 2.25. The van der Waals surface area contributed by atoms with Crippen LogP contribution in [-0.4, -0.2) is 18.0 Å². The summed E-state index contributed by atoms with van der Waals surface area (Å²) in [6, 6.07) is 0.704. The molecule has 2 unspecified atom stereocenters. The van der Waals surface area contributed by atoms with Crippen LogP contribution in [0.5, 0.6) is 0 Å². The molecule has 2 saturated carbocycles. The average molecular weight is 210 g/mol. The summed E-state index contributed by atoms with van der Waals surface area (Å²) in [4.78, 5) is 11.9. The van der Waals surface area contributed by atoms with Gasteiger partial charge < -0.3 is 11.1 Å². The van der Waals surface area contributed by atoms with Gasteiger partial charge in [0, 0.05) is 18.0 Å². The van der Waals surface area contributed by atoms with E-state index in [2.05, 4.69) is 5.32 Å². The quantitative estimate of drug-likeness (QED) is 0.726. The first-order valence-electron chi connectivity index (χ1n) is 6.31. The van der Waals surface area contributed by atoms with Crippen molar-refractivity contribution in [3.63, 3.8) is 0 Å². The predicted molar refractivity (Wildman–Crippen MR) is 60.3 cm³/mol. The Morgan fingerprint density at radius 3 is 2.40 bits per heavy atom. The van der Waals surface area contributed by atoms with Crippen molar-refractivity contribution >= 4 is 5.91 Å². The number of amides is 1. The van der Waals surface area contributed by atoms with Crippen LogP contribution in [0.2, 0.25) is 0 Å². The predicted octanol–water partition coefficient (Wildman–Crippen LogP) is 1.56. The van der Waals surface area contributed by atoms with Crippen LogP contribution in [0.25, 0.3) is 0 Å². The zero-order valence-corrected chi connectivity index (χ0v) is 9.37. The zero-order valence-electron chi connectivity index (χ0n) is 9.37. The highest BCUT2D eigenvalue weighted by atomic mass is 16.1. The molecular formula is C12H22N2O. The van der Waals surface area contributed by atoms with Gasteiger partial charge in [-0.05, 0) is 32.1 Å². The van der Waals surface area contributed by atoms with Crippen LogP contribution >= 0.6 is 0 Å². The summed E-state index contributed by atoms with van der Waals surface area (Å²) in [5.41, 5.74) is 5.82. The Morgan fingerprint density at radius 2 is 1.80 bits per heavy atom. The van der Waals surface area contributed by atoms with E-state index in [-0.39, 0.29) is 17.9 Å². The molecule has 86 valence electrons. The molecule has 15 heavy (non-hydrogen) atoms. The molecule has 0 aromatic carbocycles. The molecule has 0 aromatic heterocycles. The highest BCUT2D eigenvalue weighted by molar-refractivity contribution is 5.79. The maximum Gasteiger partial charge on any atom is 0.223 e. The van der Waals surface area contributed by atoms with E-state index >= 15 is 0 Å². The second-order valence-corrected chi connectivity index (χ2v) is 5.11. The van der Waals surface area contributed by atoms with Crippen LogP contribution in [0.4, 0.5) is 0 Å². The van der Waals surface area contributed by atoms with Crippen molar-refractivity contribution in [3.8, 4) is 0 Å². The van der Waals surface area contributed by atoms with E-state index < -0.39 is 0 Å². The Hall–Kier alpha value is -0.570. The molecule has 0 heterocycles. The van der Waals surface area contributed by atoms with Gasteiger partial charge in [0.2, 0.25) is 5.91 Å². The molecule has 2 atom stereocenters. The molecule has 0 saturated heterocycles. The number of hydrogen-bond acceptors (Lipinski definition) is 2. The third-order valence-corrected chi connectivity index (χ3v) is 3.80. The smallest absolute Gasteiger partial charge is 0.223 e. The van der Waals surface area contributed by atoms with Gasteiger partial charge in [-0.1, -0.05) is 19.3 Å². The molecule has 0 radical (unpaired) electrons. The molecule has 0 bridgehead atoms. The number of carbonyl (C=O) groups is 1. The van der Waals surface area contributed by atoms with E-state index in [1.54, 1.807) is 0 Å². The maximum atomic E-state index is 11.9. The van der Waals surface area contributed by atoms with Crippen LogP contribution in [-0.2, 0) is 4.79 Å². The fraction of sp³-hybridized carbons (Fsp3) is 0.917. The normalized spacial score (nSPS) is 32.9. The summed E-state index contributed by atoms with van der Waals surface area (Å²) < 4.78 is 0. The summed E-state index contributed by atoms with van der Waals surface area (Å²) in [5, 5.41) is 3.19. The molecule has 3 N–H and O–H groups in total. The van der Waals surface area contributed by atoms with Crippen molar-refractivity contribution < 1.29 is 4.79 Å². The molecule has 0 aliphatic heterocycles. The van der Waals surface area contributed by atoms with Gasteiger partial charge in [-0.3, -0.25) is 4.79 Å². The Balaban J connectivity index is 1.76. The van der Waals surface area contributed by atoms with Crippen LogP contribution in [0, 0.1) is 5.92 Å². The SMILES string of the molecule is NC1CCC(C(=O)NC2CCCCC2)C1. The van der Waals surface area contributed by atoms with Crippen LogP contribution in [0.1, 0.15) is 51.4 Å². The molecule has 0 aromatic rings. The molecule has 2 fully saturated rings. The Labute approximate surface area is 91.8 Å². The lowest BCUT2D eigenvalue weighted by atomic mass is 9.94. The number of hydrogen-bond donors (Lipinski definition) is 2. The lowest BCUT2D eigenvalue weighted by Gasteiger charge is -2.24. The average Bonchev–Trinajstić information content (AvgIpc) is 2.66. The first kappa shape index (κ1) is 10.9. The molecule has 0 spiro atoms. The van der Waals surface area contributed by atoms with Gasteiger partial charge in [-0.25, -0.2) is 0 Å². The van der Waals surface area contributed by atoms with Gasteiger partial charge in [0.05, 0.1) is 0 Å². The van der Waals surface area contributed by atoms with E-state index in [0.717, 1.165) is 19.3 Å². The van der Waals surface area contributed by atoms with E-state index in [9.17, 15) is 4.79 Å². The van der Waals surface area contributed by atoms with Crippen molar-refractivity contribution in [2.75, 3.05) is 0 Å². The minimum Gasteiger partial charge on any atom is -0.353 e. The van der Waals surface area contributed by atoms with E-state index in [1.165, 1.54) is 32.1 Å². The molecular weight excluding hydrogens is 188 g/mol. The third kappa shape index (κ3) is 2.94. The van der Waals surface area contributed by atoms with Gasteiger partial charge >= 0.3 is 0 Å². The molecule has 1 amide bonds. The monoisotopic (exact) mass is 210 g/mol. The molecule has 3 nitrogen and oxygen atoms in total. The van der Waals surface area contributed by atoms with Crippen LogP contribution < -0.4 is 11.1 Å². The molecule has 2 aliphatic carbocycles. The number of nitrogens with one attached hydrogen (secondary N) is 1. The van der Waals surface area contributed by atoms with Crippen molar-refractivity contribution in [3.05, 3.63) is 0 Å². The fourth-order valence-corrected chi connectivity index (χ4v) is 2.82. The highest BCUT2D eigenvalue weighted by Gasteiger charge is 2.29. The maximum absolute atomic E-state index is 11.9. The first-order chi connectivity index (χ1) is 7.25. The minimum absolute atomic E-state index is 0.196. The Bertz CT molecular complexity index is 224. The third-order valence-electron chi connectivity index (χ3n) is 3.80. The van der Waals surface area contributed by atoms with Crippen molar-refractivity contribution in [1.82, 2.24) is 5.32 Å². The zero-order chi connectivity index (χ0) is 10.7. The van der Waals surface area contributed by atoms with Gasteiger partial charge in [0.1, 0.15) is 0 Å². The lowest BCUT2D eigenvalue weighted by Crippen LogP contribution is -2.39. The number of carbonyl (C=O) groups excluding carboxylic acids is 1. The topological polar surface area (TPSA) is 55.1 Å². The fourth-order valence-electron chi connectivity index (χ4n) is 2.82.